The predicted molar refractivity (Wildman–Crippen MR) is 62.8 cm³/mol. The van der Waals surface area contributed by atoms with E-state index in [9.17, 15) is 4.79 Å². The van der Waals surface area contributed by atoms with Crippen molar-refractivity contribution >= 4 is 5.91 Å². The normalized spacial score (nSPS) is 32.1. The van der Waals surface area contributed by atoms with Crippen molar-refractivity contribution in [3.8, 4) is 0 Å². The van der Waals surface area contributed by atoms with Gasteiger partial charge in [-0.15, -0.1) is 0 Å². The van der Waals surface area contributed by atoms with E-state index in [4.69, 9.17) is 5.11 Å². The van der Waals surface area contributed by atoms with Crippen LogP contribution in [0.3, 0.4) is 0 Å². The van der Waals surface area contributed by atoms with E-state index in [1.54, 1.807) is 0 Å². The van der Waals surface area contributed by atoms with E-state index in [-0.39, 0.29) is 24.0 Å². The Kier molecular flexibility index (Phi) is 3.06. The first-order valence-corrected chi connectivity index (χ1v) is 6.13. The van der Waals surface area contributed by atoms with E-state index < -0.39 is 0 Å². The molecule has 2 aliphatic rings. The van der Waals surface area contributed by atoms with Crippen molar-refractivity contribution < 1.29 is 9.90 Å². The third kappa shape index (κ3) is 2.29. The molecule has 2 aliphatic carbocycles. The zero-order valence-corrected chi connectivity index (χ0v) is 10.1. The molecule has 0 aliphatic heterocycles. The Morgan fingerprint density at radius 3 is 2.69 bits per heavy atom. The lowest BCUT2D eigenvalue weighted by Gasteiger charge is -2.28. The zero-order valence-electron chi connectivity index (χ0n) is 10.1. The fourth-order valence-electron chi connectivity index (χ4n) is 2.85. The van der Waals surface area contributed by atoms with Crippen LogP contribution in [0.5, 0.6) is 0 Å². The van der Waals surface area contributed by atoms with Crippen LogP contribution in [0.4, 0.5) is 0 Å². The number of aliphatic hydroxyl groups is 1. The number of amides is 1. The molecule has 0 heterocycles. The van der Waals surface area contributed by atoms with Gasteiger partial charge in [0.2, 0.25) is 5.91 Å². The monoisotopic (exact) mass is 223 g/mol. The van der Waals surface area contributed by atoms with Gasteiger partial charge in [-0.2, -0.15) is 0 Å². The van der Waals surface area contributed by atoms with E-state index in [0.717, 1.165) is 12.8 Å². The summed E-state index contributed by atoms with van der Waals surface area (Å²) in [7, 11) is 0. The van der Waals surface area contributed by atoms with Crippen LogP contribution >= 0.6 is 0 Å². The maximum absolute atomic E-state index is 12.1. The minimum Gasteiger partial charge on any atom is -0.396 e. The Morgan fingerprint density at radius 2 is 2.19 bits per heavy atom. The van der Waals surface area contributed by atoms with Crippen molar-refractivity contribution in [2.24, 2.45) is 17.8 Å². The number of hydrogen-bond acceptors (Lipinski definition) is 2. The second-order valence-electron chi connectivity index (χ2n) is 5.73. The van der Waals surface area contributed by atoms with Gasteiger partial charge < -0.3 is 10.4 Å². The van der Waals surface area contributed by atoms with Crippen molar-refractivity contribution in [2.45, 2.75) is 38.6 Å². The number of allylic oxidation sites excluding steroid dienone is 2. The highest BCUT2D eigenvalue weighted by Gasteiger charge is 2.40. The van der Waals surface area contributed by atoms with Gasteiger partial charge in [-0.05, 0) is 44.9 Å². The quantitative estimate of drug-likeness (QED) is 0.709. The first-order chi connectivity index (χ1) is 7.52. The summed E-state index contributed by atoms with van der Waals surface area (Å²) in [6, 6.07) is 0. The predicted octanol–water partition coefficient (Wildman–Crippen LogP) is 1.48. The SMILES string of the molecule is CC(C)(CCO)NC(=O)C1CC2C=CC1C2. The Labute approximate surface area is 96.9 Å². The zero-order chi connectivity index (χ0) is 11.8. The van der Waals surface area contributed by atoms with E-state index >= 15 is 0 Å². The van der Waals surface area contributed by atoms with Crippen LogP contribution in [-0.2, 0) is 4.79 Å². The average Bonchev–Trinajstić information content (AvgIpc) is 2.77. The molecule has 0 aromatic heterocycles. The summed E-state index contributed by atoms with van der Waals surface area (Å²) in [5.74, 6) is 1.40. The van der Waals surface area contributed by atoms with Crippen molar-refractivity contribution in [1.29, 1.82) is 0 Å². The van der Waals surface area contributed by atoms with E-state index in [2.05, 4.69) is 17.5 Å². The number of rotatable bonds is 4. The molecule has 1 amide bonds. The molecule has 90 valence electrons. The summed E-state index contributed by atoms with van der Waals surface area (Å²) >= 11 is 0. The number of carbonyl (C=O) groups is 1. The van der Waals surface area contributed by atoms with Gasteiger partial charge in [0.05, 0.1) is 0 Å². The first kappa shape index (κ1) is 11.6. The summed E-state index contributed by atoms with van der Waals surface area (Å²) in [4.78, 5) is 12.1. The number of hydrogen-bond donors (Lipinski definition) is 2. The largest absolute Gasteiger partial charge is 0.396 e. The second-order valence-corrected chi connectivity index (χ2v) is 5.73. The molecule has 3 heteroatoms. The van der Waals surface area contributed by atoms with Gasteiger partial charge in [0.1, 0.15) is 0 Å². The summed E-state index contributed by atoms with van der Waals surface area (Å²) in [6.45, 7) is 4.04. The van der Waals surface area contributed by atoms with Crippen LogP contribution in [0, 0.1) is 17.8 Å². The molecule has 3 nitrogen and oxygen atoms in total. The minimum absolute atomic E-state index is 0.115. The van der Waals surface area contributed by atoms with E-state index in [1.165, 1.54) is 0 Å². The Hall–Kier alpha value is -0.830. The number of nitrogens with one attached hydrogen (secondary N) is 1. The molecular formula is C13H21NO2. The van der Waals surface area contributed by atoms with Crippen molar-refractivity contribution in [3.05, 3.63) is 12.2 Å². The number of carbonyl (C=O) groups excluding carboxylic acids is 1. The molecule has 0 radical (unpaired) electrons. The van der Waals surface area contributed by atoms with Crippen LogP contribution in [-0.4, -0.2) is 23.2 Å². The molecule has 2 rings (SSSR count). The second kappa shape index (κ2) is 4.21. The van der Waals surface area contributed by atoms with Crippen LogP contribution in [0.15, 0.2) is 12.2 Å². The van der Waals surface area contributed by atoms with Crippen molar-refractivity contribution in [1.82, 2.24) is 5.32 Å². The average molecular weight is 223 g/mol. The summed E-state index contributed by atoms with van der Waals surface area (Å²) in [5.41, 5.74) is -0.294. The van der Waals surface area contributed by atoms with Gasteiger partial charge >= 0.3 is 0 Å². The van der Waals surface area contributed by atoms with Gasteiger partial charge in [0.25, 0.3) is 0 Å². The standard InChI is InChI=1S/C13H21NO2/c1-13(2,5-6-15)14-12(16)11-8-9-3-4-10(11)7-9/h3-4,9-11,15H,5-8H2,1-2H3,(H,14,16). The Bertz CT molecular complexity index is 309. The number of fused-ring (bicyclic) bond motifs is 2. The molecule has 3 unspecified atom stereocenters. The molecule has 3 atom stereocenters. The lowest BCUT2D eigenvalue weighted by atomic mass is 9.91. The van der Waals surface area contributed by atoms with Crippen LogP contribution in [0.2, 0.25) is 0 Å². The van der Waals surface area contributed by atoms with Gasteiger partial charge in [-0.3, -0.25) is 4.79 Å². The van der Waals surface area contributed by atoms with E-state index in [1.807, 2.05) is 13.8 Å². The maximum Gasteiger partial charge on any atom is 0.224 e. The van der Waals surface area contributed by atoms with Gasteiger partial charge in [-0.25, -0.2) is 0 Å². The summed E-state index contributed by atoms with van der Waals surface area (Å²) < 4.78 is 0. The van der Waals surface area contributed by atoms with Gasteiger partial charge in [0, 0.05) is 18.1 Å². The molecule has 0 spiro atoms. The van der Waals surface area contributed by atoms with Crippen LogP contribution in [0.25, 0.3) is 0 Å². The topological polar surface area (TPSA) is 49.3 Å². The molecule has 0 saturated heterocycles. The fourth-order valence-corrected chi connectivity index (χ4v) is 2.85. The van der Waals surface area contributed by atoms with Crippen molar-refractivity contribution in [2.75, 3.05) is 6.61 Å². The molecule has 2 bridgehead atoms. The molecular weight excluding hydrogens is 202 g/mol. The molecule has 0 aromatic rings. The molecule has 1 saturated carbocycles. The van der Waals surface area contributed by atoms with Gasteiger partial charge in [0.15, 0.2) is 0 Å². The fraction of sp³-hybridized carbons (Fsp3) is 0.769. The maximum atomic E-state index is 12.1. The third-order valence-corrected chi connectivity index (χ3v) is 3.81. The lowest BCUT2D eigenvalue weighted by Crippen LogP contribution is -2.47. The van der Waals surface area contributed by atoms with Crippen LogP contribution in [0.1, 0.15) is 33.1 Å². The Morgan fingerprint density at radius 1 is 1.44 bits per heavy atom. The molecule has 16 heavy (non-hydrogen) atoms. The highest BCUT2D eigenvalue weighted by molar-refractivity contribution is 5.80. The van der Waals surface area contributed by atoms with Crippen LogP contribution < -0.4 is 5.32 Å². The first-order valence-electron chi connectivity index (χ1n) is 6.13. The lowest BCUT2D eigenvalue weighted by molar-refractivity contribution is -0.127. The number of aliphatic hydroxyl groups excluding tert-OH is 1. The Balaban J connectivity index is 1.91. The highest BCUT2D eigenvalue weighted by atomic mass is 16.3. The minimum atomic E-state index is -0.294. The van der Waals surface area contributed by atoms with E-state index in [0.29, 0.717) is 18.3 Å². The third-order valence-electron chi connectivity index (χ3n) is 3.81. The van der Waals surface area contributed by atoms with Crippen molar-refractivity contribution in [3.63, 3.8) is 0 Å². The molecule has 2 N–H and O–H groups in total. The van der Waals surface area contributed by atoms with Gasteiger partial charge in [-0.1, -0.05) is 12.2 Å². The molecule has 1 fully saturated rings. The highest BCUT2D eigenvalue weighted by Crippen LogP contribution is 2.43. The summed E-state index contributed by atoms with van der Waals surface area (Å²) in [5, 5.41) is 12.0. The molecule has 0 aromatic carbocycles. The summed E-state index contributed by atoms with van der Waals surface area (Å²) in [6.07, 6.45) is 7.20. The smallest absolute Gasteiger partial charge is 0.224 e.